The first-order valence-corrected chi connectivity index (χ1v) is 10.1. The molecule has 0 heterocycles. The average molecular weight is 330 g/mol. The van der Waals surface area contributed by atoms with Gasteiger partial charge in [0.1, 0.15) is 0 Å². The second-order valence-electron chi connectivity index (χ2n) is 6.14. The van der Waals surface area contributed by atoms with Gasteiger partial charge in [-0.15, -0.1) is 0 Å². The lowest BCUT2D eigenvalue weighted by Crippen LogP contribution is -2.39. The monoisotopic (exact) mass is 329 g/mol. The van der Waals surface area contributed by atoms with E-state index in [2.05, 4.69) is 41.9 Å². The fourth-order valence-corrected chi connectivity index (χ4v) is 2.72. The van der Waals surface area contributed by atoms with E-state index in [1.165, 1.54) is 0 Å². The van der Waals surface area contributed by atoms with Crippen LogP contribution in [0.3, 0.4) is 0 Å². The minimum Gasteiger partial charge on any atom is -0.432 e. The molecule has 1 aromatic rings. The molecule has 2 nitrogen and oxygen atoms in total. The Morgan fingerprint density at radius 1 is 1.28 bits per heavy atom. The van der Waals surface area contributed by atoms with Crippen molar-refractivity contribution in [2.75, 3.05) is 0 Å². The van der Waals surface area contributed by atoms with E-state index in [9.17, 15) is 4.80 Å². The van der Waals surface area contributed by atoms with Crippen LogP contribution < -0.4 is 5.73 Å². The summed E-state index contributed by atoms with van der Waals surface area (Å²) in [5.41, 5.74) is 7.37. The van der Waals surface area contributed by atoms with Crippen LogP contribution in [0.5, 0.6) is 0 Å². The quantitative estimate of drug-likeness (QED) is 0.795. The summed E-state index contributed by atoms with van der Waals surface area (Å²) in [4.78, 5) is 10.3. The van der Waals surface area contributed by atoms with E-state index in [0.29, 0.717) is 0 Å². The van der Waals surface area contributed by atoms with E-state index >= 15 is 0 Å². The van der Waals surface area contributed by atoms with Crippen molar-refractivity contribution in [2.24, 2.45) is 5.73 Å². The van der Waals surface area contributed by atoms with Crippen LogP contribution in [0.25, 0.3) is 0 Å². The maximum absolute atomic E-state index is 10.3. The van der Waals surface area contributed by atoms with Crippen molar-refractivity contribution in [1.82, 2.24) is 0 Å². The summed E-state index contributed by atoms with van der Waals surface area (Å²) in [6, 6.07) is 8.21. The predicted octanol–water partition coefficient (Wildman–Crippen LogP) is 4.21. The summed E-state index contributed by atoms with van der Waals surface area (Å²) >= 11 is 3.42. The highest BCUT2D eigenvalue weighted by atomic mass is 79.9. The number of hydrogen-bond donors (Lipinski definition) is 2. The average Bonchev–Trinajstić information content (AvgIpc) is 2.25. The summed E-state index contributed by atoms with van der Waals surface area (Å²) in [6.45, 7) is 8.29. The smallest absolute Gasteiger partial charge is 0.188 e. The van der Waals surface area contributed by atoms with Crippen molar-refractivity contribution < 1.29 is 4.80 Å². The van der Waals surface area contributed by atoms with Crippen LogP contribution >= 0.6 is 15.9 Å². The molecule has 1 aromatic carbocycles. The van der Waals surface area contributed by atoms with Gasteiger partial charge in [-0.05, 0) is 48.7 Å². The third-order valence-electron chi connectivity index (χ3n) is 4.03. The summed E-state index contributed by atoms with van der Waals surface area (Å²) in [7, 11) is -2.12. The van der Waals surface area contributed by atoms with Crippen LogP contribution in [-0.4, -0.2) is 13.1 Å². The number of nitrogens with two attached hydrogens (primary N) is 1. The first-order valence-electron chi connectivity index (χ1n) is 6.37. The molecular weight excluding hydrogens is 306 g/mol. The molecule has 0 amide bonds. The Balaban J connectivity index is 2.61. The largest absolute Gasteiger partial charge is 0.432 e. The third-order valence-corrected chi connectivity index (χ3v) is 8.13. The second kappa shape index (κ2) is 5.86. The molecule has 0 unspecified atom stereocenters. The van der Waals surface area contributed by atoms with Crippen LogP contribution in [0, 0.1) is 0 Å². The van der Waals surface area contributed by atoms with E-state index < -0.39 is 8.32 Å². The topological polar surface area (TPSA) is 46.2 Å². The third kappa shape index (κ3) is 4.19. The summed E-state index contributed by atoms with van der Waals surface area (Å²) in [5, 5.41) is -0.0000162. The molecule has 0 radical (unpaired) electrons. The minimum atomic E-state index is -2.12. The van der Waals surface area contributed by atoms with Crippen molar-refractivity contribution in [3.63, 3.8) is 0 Å². The van der Waals surface area contributed by atoms with E-state index in [4.69, 9.17) is 5.73 Å². The summed E-state index contributed by atoms with van der Waals surface area (Å²) in [6.07, 6.45) is 1.87. The van der Waals surface area contributed by atoms with Crippen molar-refractivity contribution in [2.45, 2.75) is 50.9 Å². The Morgan fingerprint density at radius 3 is 2.22 bits per heavy atom. The highest BCUT2D eigenvalue weighted by molar-refractivity contribution is 9.10. The van der Waals surface area contributed by atoms with Crippen LogP contribution in [0.1, 0.15) is 38.3 Å². The second-order valence-corrected chi connectivity index (χ2v) is 11.5. The highest BCUT2D eigenvalue weighted by Gasteiger charge is 2.37. The molecule has 1 rings (SSSR count). The summed E-state index contributed by atoms with van der Waals surface area (Å²) < 4.78 is 1.07. The number of benzene rings is 1. The molecule has 0 saturated carbocycles. The maximum Gasteiger partial charge on any atom is 0.188 e. The zero-order chi connectivity index (χ0) is 14.0. The highest BCUT2D eigenvalue weighted by Crippen LogP contribution is 2.41. The molecule has 0 fully saturated rings. The van der Waals surface area contributed by atoms with Gasteiger partial charge in [0.25, 0.3) is 0 Å². The molecule has 0 aromatic heterocycles. The van der Waals surface area contributed by atoms with E-state index in [0.717, 1.165) is 22.9 Å². The van der Waals surface area contributed by atoms with Gasteiger partial charge in [0.2, 0.25) is 0 Å². The van der Waals surface area contributed by atoms with Crippen molar-refractivity contribution in [3.05, 3.63) is 34.3 Å². The molecule has 0 bridgehead atoms. The van der Waals surface area contributed by atoms with Crippen molar-refractivity contribution in [3.8, 4) is 0 Å². The maximum atomic E-state index is 10.3. The van der Waals surface area contributed by atoms with Crippen LogP contribution in [0.15, 0.2) is 28.7 Å². The fraction of sp³-hybridized carbons (Fsp3) is 0.571. The molecule has 102 valence electrons. The standard InChI is InChI=1S/C14H24BrNOSi/c1-14(2,18(3,4)17)10-9-13(16)11-5-7-12(15)8-6-11/h5-8,13,17H,9-10,16H2,1-4H3/t13-/m0/s1. The van der Waals surface area contributed by atoms with Gasteiger partial charge in [-0.2, -0.15) is 0 Å². The van der Waals surface area contributed by atoms with Gasteiger partial charge in [-0.25, -0.2) is 0 Å². The normalized spacial score (nSPS) is 14.6. The zero-order valence-electron chi connectivity index (χ0n) is 11.7. The van der Waals surface area contributed by atoms with Crippen molar-refractivity contribution >= 4 is 24.2 Å². The number of hydrogen-bond acceptors (Lipinski definition) is 2. The first kappa shape index (κ1) is 15.9. The molecule has 18 heavy (non-hydrogen) atoms. The Hall–Kier alpha value is -0.163. The molecule has 0 aliphatic carbocycles. The van der Waals surface area contributed by atoms with Gasteiger partial charge in [0, 0.05) is 10.5 Å². The molecule has 4 heteroatoms. The van der Waals surface area contributed by atoms with E-state index in [1.807, 2.05) is 25.2 Å². The molecule has 3 N–H and O–H groups in total. The molecule has 1 atom stereocenters. The number of halogens is 1. The van der Waals surface area contributed by atoms with Gasteiger partial charge in [-0.1, -0.05) is 41.9 Å². The summed E-state index contributed by atoms with van der Waals surface area (Å²) in [5.74, 6) is 0. The van der Waals surface area contributed by atoms with E-state index in [1.54, 1.807) is 0 Å². The van der Waals surface area contributed by atoms with Gasteiger partial charge in [0.15, 0.2) is 8.32 Å². The van der Waals surface area contributed by atoms with E-state index in [-0.39, 0.29) is 11.1 Å². The first-order chi connectivity index (χ1) is 8.13. The van der Waals surface area contributed by atoms with Crippen LogP contribution in [0.2, 0.25) is 18.1 Å². The lowest BCUT2D eigenvalue weighted by Gasteiger charge is -2.35. The van der Waals surface area contributed by atoms with Crippen LogP contribution in [-0.2, 0) is 0 Å². The predicted molar refractivity (Wildman–Crippen MR) is 84.0 cm³/mol. The molecular formula is C14H24BrNOSi. The van der Waals surface area contributed by atoms with Gasteiger partial charge >= 0.3 is 0 Å². The SMILES string of the molecule is CC(C)(CC[C@H](N)c1ccc(Br)cc1)[Si](C)(C)O. The fourth-order valence-electron chi connectivity index (χ4n) is 1.70. The zero-order valence-corrected chi connectivity index (χ0v) is 14.3. The minimum absolute atomic E-state index is 0.0000162. The Labute approximate surface area is 120 Å². The van der Waals surface area contributed by atoms with Gasteiger partial charge in [-0.3, -0.25) is 0 Å². The lowest BCUT2D eigenvalue weighted by molar-refractivity contribution is 0.428. The molecule has 0 spiro atoms. The Kier molecular flexibility index (Phi) is 5.18. The van der Waals surface area contributed by atoms with Crippen LogP contribution in [0.4, 0.5) is 0 Å². The lowest BCUT2D eigenvalue weighted by atomic mass is 9.98. The molecule has 0 saturated heterocycles. The molecule has 0 aliphatic rings. The Morgan fingerprint density at radius 2 is 1.78 bits per heavy atom. The molecule has 0 aliphatic heterocycles. The van der Waals surface area contributed by atoms with Crippen molar-refractivity contribution in [1.29, 1.82) is 0 Å². The van der Waals surface area contributed by atoms with Gasteiger partial charge in [0.05, 0.1) is 0 Å². The van der Waals surface area contributed by atoms with Gasteiger partial charge < -0.3 is 10.5 Å². The Bertz CT molecular complexity index is 384. The number of rotatable bonds is 5.